The topological polar surface area (TPSA) is 108 Å². The highest BCUT2D eigenvalue weighted by atomic mass is 31.2. The van der Waals surface area contributed by atoms with Gasteiger partial charge < -0.3 is 18.9 Å². The highest BCUT2D eigenvalue weighted by Crippen LogP contribution is 2.43. The van der Waals surface area contributed by atoms with Crippen LogP contribution < -0.4 is 0 Å². The van der Waals surface area contributed by atoms with Crippen LogP contribution in [0, 0.1) is 0 Å². The molecule has 0 aromatic heterocycles. The summed E-state index contributed by atoms with van der Waals surface area (Å²) in [5.41, 5.74) is 0. The van der Waals surface area contributed by atoms with Crippen molar-refractivity contribution < 1.29 is 42.1 Å². The summed E-state index contributed by atoms with van der Waals surface area (Å²) in [5, 5.41) is 0. The molecule has 9 nitrogen and oxygen atoms in total. The summed E-state index contributed by atoms with van der Waals surface area (Å²) in [5.74, 6) is -0.806. The Morgan fingerprint density at radius 2 is 0.663 bits per heavy atom. The summed E-state index contributed by atoms with van der Waals surface area (Å²) in [6, 6.07) is 0. The summed E-state index contributed by atoms with van der Waals surface area (Å²) in [6.45, 7) is 4.31. The molecule has 0 spiro atoms. The van der Waals surface area contributed by atoms with Crippen LogP contribution in [0.25, 0.3) is 0 Å². The van der Waals surface area contributed by atoms with Crippen molar-refractivity contribution in [2.24, 2.45) is 0 Å². The highest BCUT2D eigenvalue weighted by Gasteiger charge is 2.27. The number of phosphoric ester groups is 1. The van der Waals surface area contributed by atoms with Crippen LogP contribution in [-0.4, -0.2) is 74.9 Å². The summed E-state index contributed by atoms with van der Waals surface area (Å²) in [6.07, 6.45) is 95.4. The molecule has 0 aliphatic rings. The molecule has 0 saturated carbocycles. The van der Waals surface area contributed by atoms with Gasteiger partial charge in [0.1, 0.15) is 19.8 Å². The third kappa shape index (κ3) is 69.3. The van der Waals surface area contributed by atoms with Crippen molar-refractivity contribution in [2.75, 3.05) is 47.5 Å². The minimum atomic E-state index is -4.40. The number of hydrogen-bond acceptors (Lipinski definition) is 7. The molecule has 0 aliphatic carbocycles. The molecule has 1 N–H and O–H groups in total. The molecule has 0 rings (SSSR count). The fourth-order valence-electron chi connectivity index (χ4n) is 9.33. The van der Waals surface area contributed by atoms with Gasteiger partial charge in [-0.25, -0.2) is 4.57 Å². The van der Waals surface area contributed by atoms with Gasteiger partial charge in [-0.3, -0.25) is 18.6 Å². The van der Waals surface area contributed by atoms with Crippen molar-refractivity contribution in [3.8, 4) is 0 Å². The molecule has 0 aromatic rings. The van der Waals surface area contributed by atoms with Gasteiger partial charge in [-0.05, 0) is 116 Å². The van der Waals surface area contributed by atoms with Crippen LogP contribution in [0.3, 0.4) is 0 Å². The second-order valence-electron chi connectivity index (χ2n) is 24.2. The average molecular weight is 1220 g/mol. The van der Waals surface area contributed by atoms with Crippen LogP contribution in [0.4, 0.5) is 0 Å². The van der Waals surface area contributed by atoms with E-state index in [9.17, 15) is 19.0 Å². The number of ether oxygens (including phenoxy) is 2. The van der Waals surface area contributed by atoms with Crippen molar-refractivity contribution >= 4 is 19.8 Å². The van der Waals surface area contributed by atoms with Crippen molar-refractivity contribution in [3.63, 3.8) is 0 Å². The number of esters is 2. The fourth-order valence-corrected chi connectivity index (χ4v) is 10.1. The lowest BCUT2D eigenvalue weighted by molar-refractivity contribution is -0.870. The minimum Gasteiger partial charge on any atom is -0.462 e. The number of unbranched alkanes of at least 4 members (excludes halogenated alkanes) is 27. The normalized spacial score (nSPS) is 14.0. The average Bonchev–Trinajstić information content (AvgIpc) is 3.67. The smallest absolute Gasteiger partial charge is 0.462 e. The zero-order valence-corrected chi connectivity index (χ0v) is 56.9. The van der Waals surface area contributed by atoms with Crippen LogP contribution in [-0.2, 0) is 32.7 Å². The molecule has 2 atom stereocenters. The van der Waals surface area contributed by atoms with E-state index < -0.39 is 26.5 Å². The molecule has 0 aliphatic heterocycles. The number of likely N-dealkylation sites (N-methyl/N-ethyl adjacent to an activating group) is 1. The van der Waals surface area contributed by atoms with E-state index in [1.165, 1.54) is 141 Å². The summed E-state index contributed by atoms with van der Waals surface area (Å²) < 4.78 is 34.7. The molecule has 0 amide bonds. The van der Waals surface area contributed by atoms with E-state index in [0.29, 0.717) is 17.4 Å². The second kappa shape index (κ2) is 65.6. The molecule has 2 unspecified atom stereocenters. The van der Waals surface area contributed by atoms with Crippen LogP contribution in [0.15, 0.2) is 134 Å². The first-order valence-corrected chi connectivity index (χ1v) is 36.4. The molecule has 0 bridgehead atoms. The molecule has 0 fully saturated rings. The lowest BCUT2D eigenvalue weighted by Gasteiger charge is -2.24. The van der Waals surface area contributed by atoms with Crippen molar-refractivity contribution in [2.45, 2.75) is 290 Å². The number of hydrogen-bond donors (Lipinski definition) is 1. The lowest BCUT2D eigenvalue weighted by atomic mass is 10.0. The van der Waals surface area contributed by atoms with Gasteiger partial charge in [-0.1, -0.05) is 289 Å². The van der Waals surface area contributed by atoms with E-state index in [1.807, 2.05) is 21.1 Å². The monoisotopic (exact) mass is 1220 g/mol. The lowest BCUT2D eigenvalue weighted by Crippen LogP contribution is -2.37. The first-order chi connectivity index (χ1) is 42.0. The number of phosphoric acid groups is 1. The van der Waals surface area contributed by atoms with Gasteiger partial charge in [0, 0.05) is 12.8 Å². The molecule has 0 heterocycles. The molecular weight excluding hydrogens is 1090 g/mol. The maximum absolute atomic E-state index is 12.9. The van der Waals surface area contributed by atoms with E-state index in [2.05, 4.69) is 148 Å². The fraction of sp³-hybridized carbons (Fsp3) is 0.684. The first kappa shape index (κ1) is 82.1. The third-order valence-corrected chi connectivity index (χ3v) is 15.6. The predicted octanol–water partition coefficient (Wildman–Crippen LogP) is 22.8. The number of quaternary nitrogens is 1. The van der Waals surface area contributed by atoms with E-state index >= 15 is 0 Å². The molecule has 86 heavy (non-hydrogen) atoms. The Kier molecular flexibility index (Phi) is 62.7. The zero-order chi connectivity index (χ0) is 62.6. The Labute approximate surface area is 530 Å². The molecule has 10 heteroatoms. The zero-order valence-electron chi connectivity index (χ0n) is 56.0. The summed E-state index contributed by atoms with van der Waals surface area (Å²) in [4.78, 5) is 35.9. The summed E-state index contributed by atoms with van der Waals surface area (Å²) >= 11 is 0. The Morgan fingerprint density at radius 1 is 0.372 bits per heavy atom. The Hall–Kier alpha value is -3.85. The van der Waals surface area contributed by atoms with Gasteiger partial charge in [0.2, 0.25) is 0 Å². The van der Waals surface area contributed by atoms with Gasteiger partial charge in [0.15, 0.2) is 6.10 Å². The first-order valence-electron chi connectivity index (χ1n) is 34.9. The van der Waals surface area contributed by atoms with E-state index in [-0.39, 0.29) is 32.0 Å². The van der Waals surface area contributed by atoms with Crippen LogP contribution in [0.5, 0.6) is 0 Å². The maximum Gasteiger partial charge on any atom is 0.472 e. The van der Waals surface area contributed by atoms with Crippen LogP contribution >= 0.6 is 7.82 Å². The van der Waals surface area contributed by atoms with Gasteiger partial charge in [-0.2, -0.15) is 0 Å². The Bertz CT molecular complexity index is 1910. The van der Waals surface area contributed by atoms with Crippen LogP contribution in [0.1, 0.15) is 284 Å². The number of carbonyl (C=O) groups is 2. The maximum atomic E-state index is 12.9. The van der Waals surface area contributed by atoms with Crippen molar-refractivity contribution in [1.29, 1.82) is 0 Å². The molecular formula is C76H131NO8P+. The highest BCUT2D eigenvalue weighted by molar-refractivity contribution is 7.47. The Morgan fingerprint density at radius 3 is 0.988 bits per heavy atom. The van der Waals surface area contributed by atoms with Crippen molar-refractivity contribution in [3.05, 3.63) is 134 Å². The minimum absolute atomic E-state index is 0.0248. The van der Waals surface area contributed by atoms with E-state index in [1.54, 1.807) is 0 Å². The van der Waals surface area contributed by atoms with Crippen molar-refractivity contribution in [1.82, 2.24) is 0 Å². The largest absolute Gasteiger partial charge is 0.472 e. The predicted molar refractivity (Wildman–Crippen MR) is 371 cm³/mol. The van der Waals surface area contributed by atoms with Gasteiger partial charge in [-0.15, -0.1) is 0 Å². The molecule has 492 valence electrons. The second-order valence-corrected chi connectivity index (χ2v) is 25.6. The molecule has 0 saturated heterocycles. The quantitative estimate of drug-likeness (QED) is 0.0211. The number of nitrogens with zero attached hydrogens (tertiary/aromatic N) is 1. The molecule has 0 aromatic carbocycles. The number of allylic oxidation sites excluding steroid dienone is 22. The van der Waals surface area contributed by atoms with Gasteiger partial charge in [0.25, 0.3) is 0 Å². The van der Waals surface area contributed by atoms with Crippen LogP contribution in [0.2, 0.25) is 0 Å². The van der Waals surface area contributed by atoms with E-state index in [4.69, 9.17) is 18.5 Å². The molecule has 0 radical (unpaired) electrons. The third-order valence-electron chi connectivity index (χ3n) is 14.7. The SMILES string of the molecule is CC/C=C\C/C=C\C/C=C\C/C=C\C/C=C\C/C=C\C/C=C\C/C=C\C/C=C\CCCCCCCCCCCC(=O)OC(COC(=O)CCCCCCCCCCCCCCC/C=C\C/C=C\CCCCCCC)COP(=O)(O)OCC[N+](C)(C)C. The van der Waals surface area contributed by atoms with Gasteiger partial charge in [0.05, 0.1) is 27.7 Å². The summed E-state index contributed by atoms with van der Waals surface area (Å²) in [7, 11) is 1.46. The van der Waals surface area contributed by atoms with Gasteiger partial charge >= 0.3 is 19.8 Å². The number of carbonyl (C=O) groups excluding carboxylic acids is 2. The van der Waals surface area contributed by atoms with E-state index in [0.717, 1.165) is 109 Å². The Balaban J connectivity index is 4.11. The number of rotatable bonds is 63. The standard InChI is InChI=1S/C76H130NO8P/c1-6-8-10-12-14-16-18-20-22-24-26-28-30-32-33-34-35-36-37-38-39-40-41-42-43-45-47-49-51-53-55-57-59-61-63-65-67-69-76(79)85-74(73-84-86(80,81)83-71-70-77(3,4)5)72-82-75(78)68-66-64-62-60-58-56-54-52-50-48-46-44-31-29-27-25-23-21-19-17-15-13-11-9-7-2/h8,10,14,16,19-22,25-28,32-33,35-36,38-39,41-42,45,47,74H,6-7,9,11-13,15,17-18,23-24,29-31,34,37,40,43-44,46,48-73H2,1-5H3/p+1/b10-8-,16-14-,21-19-,22-20-,27-25-,28-26-,33-32-,36-35-,39-38-,42-41-,47-45-.